The van der Waals surface area contributed by atoms with Gasteiger partial charge >= 0.3 is 0 Å². The van der Waals surface area contributed by atoms with Gasteiger partial charge in [-0.2, -0.15) is 5.26 Å². The lowest BCUT2D eigenvalue weighted by Crippen LogP contribution is -2.29. The molecule has 6 nitrogen and oxygen atoms in total. The molecule has 0 aromatic carbocycles. The lowest BCUT2D eigenvalue weighted by Gasteiger charge is -2.03. The van der Waals surface area contributed by atoms with Gasteiger partial charge in [-0.3, -0.25) is 4.79 Å². The molecule has 0 aliphatic rings. The van der Waals surface area contributed by atoms with Gasteiger partial charge in [0.15, 0.2) is 0 Å². The lowest BCUT2D eigenvalue weighted by atomic mass is 10.4. The molecule has 0 aromatic rings. The van der Waals surface area contributed by atoms with Crippen LogP contribution >= 0.6 is 0 Å². The molecule has 0 saturated heterocycles. The van der Waals surface area contributed by atoms with Crippen LogP contribution in [-0.2, 0) is 14.8 Å². The highest BCUT2D eigenvalue weighted by atomic mass is 32.2. The molecular formula is C7H13N3O3S. The van der Waals surface area contributed by atoms with E-state index >= 15 is 0 Å². The summed E-state index contributed by atoms with van der Waals surface area (Å²) in [5.41, 5.74) is 0. The van der Waals surface area contributed by atoms with Crippen molar-refractivity contribution < 1.29 is 13.2 Å². The van der Waals surface area contributed by atoms with Crippen molar-refractivity contribution in [1.29, 1.82) is 5.26 Å². The van der Waals surface area contributed by atoms with Crippen molar-refractivity contribution in [2.75, 3.05) is 19.3 Å². The molecule has 0 unspecified atom stereocenters. The van der Waals surface area contributed by atoms with Crippen LogP contribution in [-0.4, -0.2) is 33.7 Å². The summed E-state index contributed by atoms with van der Waals surface area (Å²) in [5, 5.41) is 10.6. The van der Waals surface area contributed by atoms with E-state index in [1.807, 2.05) is 0 Å². The fourth-order valence-electron chi connectivity index (χ4n) is 0.708. The molecule has 0 radical (unpaired) electrons. The Morgan fingerprint density at radius 3 is 2.57 bits per heavy atom. The lowest BCUT2D eigenvalue weighted by molar-refractivity contribution is -0.120. The Balaban J connectivity index is 3.40. The third-order valence-corrected chi connectivity index (χ3v) is 2.01. The normalized spacial score (nSPS) is 10.6. The monoisotopic (exact) mass is 219 g/mol. The van der Waals surface area contributed by atoms with Crippen LogP contribution in [0.3, 0.4) is 0 Å². The molecule has 0 atom stereocenters. The first-order valence-corrected chi connectivity index (χ1v) is 5.93. The highest BCUT2D eigenvalue weighted by molar-refractivity contribution is 7.88. The van der Waals surface area contributed by atoms with Crippen LogP contribution in [0, 0.1) is 11.3 Å². The van der Waals surface area contributed by atoms with E-state index in [1.54, 1.807) is 6.07 Å². The van der Waals surface area contributed by atoms with Crippen LogP contribution in [0.15, 0.2) is 0 Å². The predicted octanol–water partition coefficient (Wildman–Crippen LogP) is -1.04. The van der Waals surface area contributed by atoms with Gasteiger partial charge < -0.3 is 5.32 Å². The van der Waals surface area contributed by atoms with Crippen LogP contribution in [0.1, 0.15) is 12.8 Å². The number of hydrogen-bond donors (Lipinski definition) is 2. The predicted molar refractivity (Wildman–Crippen MR) is 50.7 cm³/mol. The number of amides is 1. The van der Waals surface area contributed by atoms with Crippen molar-refractivity contribution in [2.45, 2.75) is 12.8 Å². The first kappa shape index (κ1) is 12.9. The number of sulfonamides is 1. The fourth-order valence-corrected chi connectivity index (χ4v) is 1.22. The van der Waals surface area contributed by atoms with E-state index in [2.05, 4.69) is 10.0 Å². The summed E-state index contributed by atoms with van der Waals surface area (Å²) >= 11 is 0. The van der Waals surface area contributed by atoms with Crippen molar-refractivity contribution >= 4 is 15.9 Å². The molecule has 0 aliphatic carbocycles. The van der Waals surface area contributed by atoms with E-state index in [9.17, 15) is 13.2 Å². The maximum Gasteiger partial charge on any atom is 0.234 e. The summed E-state index contributed by atoms with van der Waals surface area (Å²) in [7, 11) is -3.15. The zero-order valence-electron chi connectivity index (χ0n) is 7.91. The Labute approximate surface area is 83.3 Å². The number of nitrogens with zero attached hydrogens (tertiary/aromatic N) is 1. The first-order valence-electron chi connectivity index (χ1n) is 4.04. The summed E-state index contributed by atoms with van der Waals surface area (Å²) < 4.78 is 23.5. The van der Waals surface area contributed by atoms with Gasteiger partial charge in [0.1, 0.15) is 6.42 Å². The summed E-state index contributed by atoms with van der Waals surface area (Å²) in [6, 6.07) is 1.71. The van der Waals surface area contributed by atoms with E-state index in [-0.39, 0.29) is 18.9 Å². The Kier molecular flexibility index (Phi) is 5.83. The molecule has 0 rings (SSSR count). The number of nitrogens with one attached hydrogen (secondary N) is 2. The maximum absolute atomic E-state index is 10.7. The van der Waals surface area contributed by atoms with E-state index in [0.29, 0.717) is 13.0 Å². The van der Waals surface area contributed by atoms with Gasteiger partial charge in [0, 0.05) is 13.1 Å². The number of carbonyl (C=O) groups is 1. The van der Waals surface area contributed by atoms with Crippen molar-refractivity contribution in [2.24, 2.45) is 0 Å². The molecule has 1 amide bonds. The minimum atomic E-state index is -3.15. The Bertz CT molecular complexity index is 318. The molecule has 0 bridgehead atoms. The zero-order valence-corrected chi connectivity index (χ0v) is 8.73. The second-order valence-electron chi connectivity index (χ2n) is 2.70. The summed E-state index contributed by atoms with van der Waals surface area (Å²) in [4.78, 5) is 10.7. The van der Waals surface area contributed by atoms with Gasteiger partial charge in [0.05, 0.1) is 12.3 Å². The summed E-state index contributed by atoms with van der Waals surface area (Å²) in [5.74, 6) is -0.341. The minimum Gasteiger partial charge on any atom is -0.355 e. The SMILES string of the molecule is CS(=O)(=O)NCCCNC(=O)CC#N. The number of nitriles is 1. The van der Waals surface area contributed by atoms with Gasteiger partial charge in [-0.05, 0) is 6.42 Å². The number of carbonyl (C=O) groups excluding carboxylic acids is 1. The first-order chi connectivity index (χ1) is 6.45. The maximum atomic E-state index is 10.7. The third-order valence-electron chi connectivity index (χ3n) is 1.28. The van der Waals surface area contributed by atoms with Crippen LogP contribution < -0.4 is 10.0 Å². The summed E-state index contributed by atoms with van der Waals surface area (Å²) in [6.45, 7) is 0.648. The van der Waals surface area contributed by atoms with Crippen LogP contribution in [0.25, 0.3) is 0 Å². The topological polar surface area (TPSA) is 99.1 Å². The smallest absolute Gasteiger partial charge is 0.234 e. The van der Waals surface area contributed by atoms with Crippen LogP contribution in [0.2, 0.25) is 0 Å². The van der Waals surface area contributed by atoms with Gasteiger partial charge in [-0.1, -0.05) is 0 Å². The highest BCUT2D eigenvalue weighted by Gasteiger charge is 2.00. The Morgan fingerprint density at radius 2 is 2.07 bits per heavy atom. The van der Waals surface area contributed by atoms with Crippen molar-refractivity contribution in [3.8, 4) is 6.07 Å². The molecule has 14 heavy (non-hydrogen) atoms. The Hall–Kier alpha value is -1.13. The molecule has 0 heterocycles. The fraction of sp³-hybridized carbons (Fsp3) is 0.714. The molecule has 0 aliphatic heterocycles. The van der Waals surface area contributed by atoms with Gasteiger partial charge in [-0.25, -0.2) is 13.1 Å². The quantitative estimate of drug-likeness (QED) is 0.557. The minimum absolute atomic E-state index is 0.167. The van der Waals surface area contributed by atoms with Gasteiger partial charge in [0.2, 0.25) is 15.9 Å². The molecule has 0 aromatic heterocycles. The van der Waals surface area contributed by atoms with Gasteiger partial charge in [0.25, 0.3) is 0 Å². The van der Waals surface area contributed by atoms with E-state index in [4.69, 9.17) is 5.26 Å². The third kappa shape index (κ3) is 8.96. The van der Waals surface area contributed by atoms with Crippen molar-refractivity contribution in [3.63, 3.8) is 0 Å². The standard InChI is InChI=1S/C7H13N3O3S/c1-14(12,13)10-6-2-5-9-7(11)3-4-8/h10H,2-3,5-6H2,1H3,(H,9,11). The zero-order chi connectivity index (χ0) is 11.0. The van der Waals surface area contributed by atoms with Crippen LogP contribution in [0.5, 0.6) is 0 Å². The van der Waals surface area contributed by atoms with Crippen molar-refractivity contribution in [3.05, 3.63) is 0 Å². The van der Waals surface area contributed by atoms with Crippen LogP contribution in [0.4, 0.5) is 0 Å². The average molecular weight is 219 g/mol. The van der Waals surface area contributed by atoms with E-state index in [0.717, 1.165) is 6.26 Å². The molecule has 7 heteroatoms. The average Bonchev–Trinajstić information content (AvgIpc) is 2.02. The van der Waals surface area contributed by atoms with Gasteiger partial charge in [-0.15, -0.1) is 0 Å². The Morgan fingerprint density at radius 1 is 1.43 bits per heavy atom. The molecule has 80 valence electrons. The number of rotatable bonds is 6. The molecule has 2 N–H and O–H groups in total. The second-order valence-corrected chi connectivity index (χ2v) is 4.54. The molecule has 0 spiro atoms. The van der Waals surface area contributed by atoms with E-state index in [1.165, 1.54) is 0 Å². The van der Waals surface area contributed by atoms with E-state index < -0.39 is 10.0 Å². The molecule has 0 fully saturated rings. The largest absolute Gasteiger partial charge is 0.355 e. The molecular weight excluding hydrogens is 206 g/mol. The second kappa shape index (κ2) is 6.34. The molecule has 0 saturated carbocycles. The summed E-state index contributed by atoms with van der Waals surface area (Å²) in [6.07, 6.45) is 1.41. The highest BCUT2D eigenvalue weighted by Crippen LogP contribution is 1.80. The van der Waals surface area contributed by atoms with Crippen molar-refractivity contribution in [1.82, 2.24) is 10.0 Å². The number of hydrogen-bond acceptors (Lipinski definition) is 4.